The van der Waals surface area contributed by atoms with Crippen molar-refractivity contribution < 1.29 is 4.74 Å². The van der Waals surface area contributed by atoms with Crippen molar-refractivity contribution in [2.75, 3.05) is 11.9 Å². The summed E-state index contributed by atoms with van der Waals surface area (Å²) in [5.74, 6) is 1.43. The fourth-order valence-corrected chi connectivity index (χ4v) is 3.25. The molecule has 2 atom stereocenters. The summed E-state index contributed by atoms with van der Waals surface area (Å²) in [4.78, 5) is 4.34. The Balaban J connectivity index is 2.03. The van der Waals surface area contributed by atoms with Crippen LogP contribution in [0.4, 0.5) is 5.69 Å². The Morgan fingerprint density at radius 2 is 2.00 bits per heavy atom. The average Bonchev–Trinajstić information content (AvgIpc) is 2.41. The second-order valence-electron chi connectivity index (χ2n) is 6.83. The van der Waals surface area contributed by atoms with E-state index in [4.69, 9.17) is 4.74 Å². The number of hydrogen-bond acceptors (Lipinski definition) is 3. The lowest BCUT2D eigenvalue weighted by Gasteiger charge is -2.41. The van der Waals surface area contributed by atoms with Crippen LogP contribution < -0.4 is 10.1 Å². The summed E-state index contributed by atoms with van der Waals surface area (Å²) < 4.78 is 5.39. The minimum Gasteiger partial charge on any atom is -0.478 e. The number of aromatic nitrogens is 1. The third-order valence-electron chi connectivity index (χ3n) is 4.26. The lowest BCUT2D eigenvalue weighted by Crippen LogP contribution is -2.39. The predicted molar refractivity (Wildman–Crippen MR) is 84.2 cm³/mol. The van der Waals surface area contributed by atoms with E-state index in [1.807, 2.05) is 19.2 Å². The van der Waals surface area contributed by atoms with E-state index >= 15 is 0 Å². The fraction of sp³-hybridized carbons (Fsp3) is 0.706. The van der Waals surface area contributed by atoms with Crippen LogP contribution in [0.1, 0.15) is 53.4 Å². The van der Waals surface area contributed by atoms with Gasteiger partial charge in [0.05, 0.1) is 18.5 Å². The normalized spacial score (nSPS) is 23.4. The van der Waals surface area contributed by atoms with Gasteiger partial charge >= 0.3 is 0 Å². The second-order valence-corrected chi connectivity index (χ2v) is 6.83. The van der Waals surface area contributed by atoms with Crippen molar-refractivity contribution in [2.24, 2.45) is 11.3 Å². The first kappa shape index (κ1) is 15.1. The molecule has 3 heteroatoms. The molecule has 112 valence electrons. The van der Waals surface area contributed by atoms with Crippen molar-refractivity contribution in [1.82, 2.24) is 4.98 Å². The van der Waals surface area contributed by atoms with Crippen molar-refractivity contribution in [3.05, 3.63) is 18.3 Å². The summed E-state index contributed by atoms with van der Waals surface area (Å²) in [5, 5.41) is 3.69. The van der Waals surface area contributed by atoms with Crippen LogP contribution in [-0.2, 0) is 0 Å². The van der Waals surface area contributed by atoms with Gasteiger partial charge < -0.3 is 10.1 Å². The Bertz CT molecular complexity index is 408. The lowest BCUT2D eigenvalue weighted by molar-refractivity contribution is 0.163. The van der Waals surface area contributed by atoms with Crippen molar-refractivity contribution in [2.45, 2.75) is 59.4 Å². The molecular weight excluding hydrogens is 248 g/mol. The number of ether oxygens (including phenoxy) is 1. The van der Waals surface area contributed by atoms with Crippen LogP contribution in [-0.4, -0.2) is 17.6 Å². The smallest absolute Gasteiger partial charge is 0.213 e. The molecule has 1 aromatic heterocycles. The molecule has 0 radical (unpaired) electrons. The van der Waals surface area contributed by atoms with Gasteiger partial charge in [-0.25, -0.2) is 4.98 Å². The third kappa shape index (κ3) is 3.87. The van der Waals surface area contributed by atoms with Gasteiger partial charge in [-0.2, -0.15) is 0 Å². The predicted octanol–water partition coefficient (Wildman–Crippen LogP) is 4.50. The van der Waals surface area contributed by atoms with E-state index in [-0.39, 0.29) is 0 Å². The molecule has 2 rings (SSSR count). The van der Waals surface area contributed by atoms with Crippen molar-refractivity contribution in [3.63, 3.8) is 0 Å². The van der Waals surface area contributed by atoms with E-state index in [0.717, 1.165) is 11.6 Å². The van der Waals surface area contributed by atoms with Crippen molar-refractivity contribution in [1.29, 1.82) is 0 Å². The van der Waals surface area contributed by atoms with Crippen LogP contribution in [0.3, 0.4) is 0 Å². The van der Waals surface area contributed by atoms with Gasteiger partial charge in [0.15, 0.2) is 0 Å². The van der Waals surface area contributed by atoms with Crippen LogP contribution in [0.15, 0.2) is 18.3 Å². The maximum absolute atomic E-state index is 5.39. The molecule has 1 aliphatic rings. The van der Waals surface area contributed by atoms with Gasteiger partial charge in [0.2, 0.25) is 5.88 Å². The van der Waals surface area contributed by atoms with Crippen molar-refractivity contribution >= 4 is 5.69 Å². The van der Waals surface area contributed by atoms with E-state index < -0.39 is 0 Å². The highest BCUT2D eigenvalue weighted by atomic mass is 16.5. The molecule has 1 aliphatic carbocycles. The number of nitrogens with zero attached hydrogens (tertiary/aromatic N) is 1. The number of pyridine rings is 1. The second kappa shape index (κ2) is 6.47. The minimum atomic E-state index is 0.358. The average molecular weight is 276 g/mol. The molecule has 3 nitrogen and oxygen atoms in total. The summed E-state index contributed by atoms with van der Waals surface area (Å²) in [5.41, 5.74) is 1.46. The summed E-state index contributed by atoms with van der Waals surface area (Å²) >= 11 is 0. The first-order chi connectivity index (χ1) is 9.50. The zero-order valence-corrected chi connectivity index (χ0v) is 13.3. The highest BCUT2D eigenvalue weighted by molar-refractivity contribution is 5.43. The summed E-state index contributed by atoms with van der Waals surface area (Å²) in [6.45, 7) is 9.70. The van der Waals surface area contributed by atoms with E-state index in [9.17, 15) is 0 Å². The number of anilines is 1. The van der Waals surface area contributed by atoms with Gasteiger partial charge in [-0.15, -0.1) is 0 Å². The maximum atomic E-state index is 5.39. The molecule has 0 saturated heterocycles. The summed E-state index contributed by atoms with van der Waals surface area (Å²) in [6, 6.07) is 4.58. The molecule has 1 fully saturated rings. The van der Waals surface area contributed by atoms with E-state index in [1.165, 1.54) is 25.7 Å². The summed E-state index contributed by atoms with van der Waals surface area (Å²) in [6.07, 6.45) is 7.16. The molecule has 0 aliphatic heterocycles. The molecule has 20 heavy (non-hydrogen) atoms. The molecular formula is C17H28N2O. The van der Waals surface area contributed by atoms with Crippen LogP contribution in [0, 0.1) is 11.3 Å². The van der Waals surface area contributed by atoms with Crippen LogP contribution in [0.25, 0.3) is 0 Å². The molecule has 0 spiro atoms. The number of nitrogens with one attached hydrogen (secondary N) is 1. The lowest BCUT2D eigenvalue weighted by atomic mass is 9.69. The summed E-state index contributed by atoms with van der Waals surface area (Å²) in [7, 11) is 0. The molecule has 1 aromatic rings. The van der Waals surface area contributed by atoms with Crippen molar-refractivity contribution in [3.8, 4) is 5.88 Å². The molecule has 1 heterocycles. The van der Waals surface area contributed by atoms with E-state index in [1.54, 1.807) is 0 Å². The van der Waals surface area contributed by atoms with E-state index in [0.29, 0.717) is 23.9 Å². The fourth-order valence-electron chi connectivity index (χ4n) is 3.25. The Morgan fingerprint density at radius 3 is 2.60 bits per heavy atom. The van der Waals surface area contributed by atoms with Crippen LogP contribution >= 0.6 is 0 Å². The first-order valence-corrected chi connectivity index (χ1v) is 7.86. The zero-order chi connectivity index (χ0) is 14.6. The highest BCUT2D eigenvalue weighted by Gasteiger charge is 2.33. The van der Waals surface area contributed by atoms with Crippen LogP contribution in [0.5, 0.6) is 5.88 Å². The quantitative estimate of drug-likeness (QED) is 0.879. The molecule has 0 aromatic carbocycles. The molecule has 1 N–H and O–H groups in total. The maximum Gasteiger partial charge on any atom is 0.213 e. The minimum absolute atomic E-state index is 0.358. The van der Waals surface area contributed by atoms with Gasteiger partial charge in [-0.3, -0.25) is 0 Å². The SMILES string of the molecule is CCOc1ccc(NC2CCCCC2C(C)(C)C)cn1. The standard InChI is InChI=1S/C17H28N2O/c1-5-20-16-11-10-13(12-18-16)19-15-9-7-6-8-14(15)17(2,3)4/h10-12,14-15,19H,5-9H2,1-4H3. The Labute approximate surface area is 123 Å². The van der Waals surface area contributed by atoms with E-state index in [2.05, 4.69) is 37.1 Å². The Hall–Kier alpha value is -1.25. The van der Waals surface area contributed by atoms with Gasteiger partial charge in [-0.1, -0.05) is 33.6 Å². The Morgan fingerprint density at radius 1 is 1.25 bits per heavy atom. The van der Waals surface area contributed by atoms with Gasteiger partial charge in [-0.05, 0) is 37.2 Å². The van der Waals surface area contributed by atoms with Crippen LogP contribution in [0.2, 0.25) is 0 Å². The number of rotatable bonds is 4. The van der Waals surface area contributed by atoms with Gasteiger partial charge in [0, 0.05) is 12.1 Å². The largest absolute Gasteiger partial charge is 0.478 e. The molecule has 0 bridgehead atoms. The molecule has 1 saturated carbocycles. The topological polar surface area (TPSA) is 34.1 Å². The molecule has 0 amide bonds. The van der Waals surface area contributed by atoms with Gasteiger partial charge in [0.25, 0.3) is 0 Å². The zero-order valence-electron chi connectivity index (χ0n) is 13.3. The Kier molecular flexibility index (Phi) is 4.90. The molecule has 2 unspecified atom stereocenters. The first-order valence-electron chi connectivity index (χ1n) is 7.86. The highest BCUT2D eigenvalue weighted by Crippen LogP contribution is 2.39. The monoisotopic (exact) mass is 276 g/mol. The number of hydrogen-bond donors (Lipinski definition) is 1. The third-order valence-corrected chi connectivity index (χ3v) is 4.26. The van der Waals surface area contributed by atoms with Gasteiger partial charge in [0.1, 0.15) is 0 Å².